The Bertz CT molecular complexity index is 1350. The number of carbonyl (C=O) groups is 4. The van der Waals surface area contributed by atoms with E-state index in [1.807, 2.05) is 48.5 Å². The number of esters is 4. The van der Waals surface area contributed by atoms with Gasteiger partial charge in [-0.05, 0) is 160 Å². The molecule has 0 aromatic rings. The molecule has 0 spiro atoms. The number of rotatable bonds is 12. The van der Waals surface area contributed by atoms with Crippen LogP contribution in [0.5, 0.6) is 0 Å². The van der Waals surface area contributed by atoms with Gasteiger partial charge in [-0.25, -0.2) is 4.79 Å². The Morgan fingerprint density at radius 3 is 1.98 bits per heavy atom. The fraction of sp³-hybridized carbons (Fsp3) is 0.909. The van der Waals surface area contributed by atoms with E-state index in [1.165, 1.54) is 44.9 Å². The van der Waals surface area contributed by atoms with Gasteiger partial charge in [-0.2, -0.15) is 0 Å². The molecule has 7 saturated carbocycles. The van der Waals surface area contributed by atoms with Crippen molar-refractivity contribution in [2.75, 3.05) is 20.0 Å². The van der Waals surface area contributed by atoms with Crippen molar-refractivity contribution >= 4 is 23.9 Å². The molecular weight excluding hydrogens is 688 g/mol. The fourth-order valence-corrected chi connectivity index (χ4v) is 11.0. The number of hydrogen-bond donors (Lipinski definition) is 1. The van der Waals surface area contributed by atoms with Crippen molar-refractivity contribution < 1.29 is 48.0 Å². The van der Waals surface area contributed by atoms with Gasteiger partial charge in [0, 0.05) is 12.8 Å². The van der Waals surface area contributed by atoms with Crippen LogP contribution in [0, 0.1) is 51.2 Å². The predicted octanol–water partition coefficient (Wildman–Crippen LogP) is 8.49. The minimum absolute atomic E-state index is 0.0828. The Morgan fingerprint density at radius 1 is 0.796 bits per heavy atom. The molecule has 0 radical (unpaired) electrons. The number of cyclic esters (lactones) is 1. The zero-order valence-corrected chi connectivity index (χ0v) is 35.0. The molecule has 8 aliphatic rings. The quantitative estimate of drug-likeness (QED) is 0.0893. The van der Waals surface area contributed by atoms with Gasteiger partial charge in [0.05, 0.1) is 35.1 Å². The molecule has 0 aromatic carbocycles. The summed E-state index contributed by atoms with van der Waals surface area (Å²) in [5.41, 5.74) is -1.82. The zero-order valence-electron chi connectivity index (χ0n) is 35.0. The number of aliphatic hydroxyl groups is 1. The summed E-state index contributed by atoms with van der Waals surface area (Å²) in [6.45, 7) is 18.6. The highest BCUT2D eigenvalue weighted by Crippen LogP contribution is 2.66. The zero-order chi connectivity index (χ0) is 39.7. The molecule has 8 rings (SSSR count). The average molecular weight is 761 g/mol. The van der Waals surface area contributed by atoms with E-state index in [9.17, 15) is 24.3 Å². The van der Waals surface area contributed by atoms with E-state index in [2.05, 4.69) is 0 Å². The molecule has 7 unspecified atom stereocenters. The Kier molecular flexibility index (Phi) is 13.0. The van der Waals surface area contributed by atoms with Crippen molar-refractivity contribution in [3.8, 4) is 0 Å². The summed E-state index contributed by atoms with van der Waals surface area (Å²) in [5.74, 6) is 2.86. The third kappa shape index (κ3) is 9.16. The third-order valence-corrected chi connectivity index (χ3v) is 15.1. The first kappa shape index (κ1) is 42.9. The molecule has 10 nitrogen and oxygen atoms in total. The van der Waals surface area contributed by atoms with Crippen LogP contribution < -0.4 is 0 Å². The topological polar surface area (TPSA) is 135 Å². The van der Waals surface area contributed by atoms with Crippen LogP contribution in [-0.4, -0.2) is 66.3 Å². The molecule has 0 amide bonds. The van der Waals surface area contributed by atoms with E-state index < -0.39 is 33.9 Å². The second kappa shape index (κ2) is 16.3. The van der Waals surface area contributed by atoms with Crippen molar-refractivity contribution in [2.24, 2.45) is 51.2 Å². The van der Waals surface area contributed by atoms with Gasteiger partial charge >= 0.3 is 23.9 Å². The first-order chi connectivity index (χ1) is 25.2. The highest BCUT2D eigenvalue weighted by atomic mass is 16.7. The Labute approximate surface area is 324 Å². The number of fused-ring (bicyclic) bond motifs is 5. The van der Waals surface area contributed by atoms with E-state index in [-0.39, 0.29) is 30.3 Å². The molecule has 8 fully saturated rings. The van der Waals surface area contributed by atoms with E-state index in [1.54, 1.807) is 13.8 Å². The maximum Gasteiger partial charge on any atom is 0.347 e. The molecule has 308 valence electrons. The van der Waals surface area contributed by atoms with Gasteiger partial charge in [0.25, 0.3) is 0 Å². The van der Waals surface area contributed by atoms with Crippen LogP contribution in [0.3, 0.4) is 0 Å². The lowest BCUT2D eigenvalue weighted by molar-refractivity contribution is -0.225. The molecule has 7 aliphatic carbocycles. The lowest BCUT2D eigenvalue weighted by Crippen LogP contribution is -2.61. The molecule has 1 N–H and O–H groups in total. The van der Waals surface area contributed by atoms with Crippen LogP contribution >= 0.6 is 0 Å². The van der Waals surface area contributed by atoms with Gasteiger partial charge in [0.1, 0.15) is 5.60 Å². The Hall–Kier alpha value is -2.20. The molecule has 10 heteroatoms. The number of carbonyl (C=O) groups excluding carboxylic acids is 4. The van der Waals surface area contributed by atoms with E-state index in [4.69, 9.17) is 23.7 Å². The van der Waals surface area contributed by atoms with Crippen LogP contribution in [0.1, 0.15) is 165 Å². The van der Waals surface area contributed by atoms with E-state index in [0.717, 1.165) is 62.9 Å². The minimum Gasteiger partial charge on any atom is -0.463 e. The van der Waals surface area contributed by atoms with Crippen molar-refractivity contribution in [3.05, 3.63) is 0 Å². The summed E-state index contributed by atoms with van der Waals surface area (Å²) in [7, 11) is 0. The summed E-state index contributed by atoms with van der Waals surface area (Å²) < 4.78 is 26.9. The minimum atomic E-state index is -0.687. The Balaban J connectivity index is 0.000000159. The van der Waals surface area contributed by atoms with Gasteiger partial charge in [0.15, 0.2) is 6.79 Å². The highest BCUT2D eigenvalue weighted by Gasteiger charge is 2.61. The van der Waals surface area contributed by atoms with Crippen LogP contribution in [-0.2, 0) is 42.9 Å². The Morgan fingerprint density at radius 2 is 1.41 bits per heavy atom. The summed E-state index contributed by atoms with van der Waals surface area (Å²) in [6.07, 6.45) is 16.1. The molecule has 1 heterocycles. The van der Waals surface area contributed by atoms with Gasteiger partial charge < -0.3 is 28.8 Å². The molecule has 1 aliphatic heterocycles. The standard InChI is InChI=1S/C18H30O3.C16H26O3.C10H16O4/c1-4-17(2,3)16(19)21-12-20-11-18-9-5-6-15(18)13-7-8-14(18)10-13;1-4-14(2,3)13(17)19-16-8-11-5-12(9-16)7-15(18,6-11)10-16;1-4-10(2,3)9(12)14-7-5-6-13-8(7)11/h13-15H,4-12H2,1-3H3;11-12,18H,4-10H2,1-3H3;7H,4-6H2,1-3H3. The van der Waals surface area contributed by atoms with Gasteiger partial charge in [-0.15, -0.1) is 0 Å². The largest absolute Gasteiger partial charge is 0.463 e. The van der Waals surface area contributed by atoms with Crippen LogP contribution in [0.15, 0.2) is 0 Å². The van der Waals surface area contributed by atoms with Crippen LogP contribution in [0.25, 0.3) is 0 Å². The summed E-state index contributed by atoms with van der Waals surface area (Å²) in [6, 6.07) is 0. The maximum atomic E-state index is 12.4. The van der Waals surface area contributed by atoms with Gasteiger partial charge in [0.2, 0.25) is 6.10 Å². The lowest BCUT2D eigenvalue weighted by Gasteiger charge is -2.59. The molecular formula is C44H72O10. The first-order valence-corrected chi connectivity index (χ1v) is 21.3. The third-order valence-electron chi connectivity index (χ3n) is 15.1. The summed E-state index contributed by atoms with van der Waals surface area (Å²) in [5, 5.41) is 10.6. The average Bonchev–Trinajstić information content (AvgIpc) is 3.90. The van der Waals surface area contributed by atoms with Crippen molar-refractivity contribution in [3.63, 3.8) is 0 Å². The van der Waals surface area contributed by atoms with Crippen LogP contribution in [0.2, 0.25) is 0 Å². The highest BCUT2D eigenvalue weighted by molar-refractivity contribution is 5.82. The smallest absolute Gasteiger partial charge is 0.347 e. The maximum absolute atomic E-state index is 12.4. The second-order valence-corrected chi connectivity index (χ2v) is 20.2. The summed E-state index contributed by atoms with van der Waals surface area (Å²) in [4.78, 5) is 46.9. The van der Waals surface area contributed by atoms with Crippen LogP contribution in [0.4, 0.5) is 0 Å². The molecule has 6 bridgehead atoms. The second-order valence-electron chi connectivity index (χ2n) is 20.2. The molecule has 54 heavy (non-hydrogen) atoms. The van der Waals surface area contributed by atoms with Gasteiger partial charge in [-0.1, -0.05) is 27.2 Å². The van der Waals surface area contributed by atoms with Crippen molar-refractivity contribution in [2.45, 2.75) is 182 Å². The predicted molar refractivity (Wildman–Crippen MR) is 204 cm³/mol. The molecule has 1 saturated heterocycles. The van der Waals surface area contributed by atoms with Crippen molar-refractivity contribution in [1.82, 2.24) is 0 Å². The molecule has 0 aromatic heterocycles. The van der Waals surface area contributed by atoms with Gasteiger partial charge in [-0.3, -0.25) is 14.4 Å². The molecule has 7 atom stereocenters. The fourth-order valence-electron chi connectivity index (χ4n) is 11.0. The SMILES string of the molecule is CCC(C)(C)C(=O)OC12CC3CC(CC(O)(C3)C1)C2.CCC(C)(C)C(=O)OC1CCOC1=O.CCC(C)(C)C(=O)OCOCC12CCCC1C1CCC2C1. The van der Waals surface area contributed by atoms with E-state index in [0.29, 0.717) is 43.1 Å². The lowest BCUT2D eigenvalue weighted by atomic mass is 9.52. The van der Waals surface area contributed by atoms with Crippen molar-refractivity contribution in [1.29, 1.82) is 0 Å². The number of ether oxygens (including phenoxy) is 5. The summed E-state index contributed by atoms with van der Waals surface area (Å²) >= 11 is 0. The monoisotopic (exact) mass is 761 g/mol. The first-order valence-electron chi connectivity index (χ1n) is 21.3. The normalized spacial score (nSPS) is 36.0. The number of hydrogen-bond acceptors (Lipinski definition) is 10. The van der Waals surface area contributed by atoms with E-state index >= 15 is 0 Å².